The van der Waals surface area contributed by atoms with Gasteiger partial charge in [-0.25, -0.2) is 4.98 Å². The molecule has 134 valence electrons. The lowest BCUT2D eigenvalue weighted by molar-refractivity contribution is -0.113. The zero-order valence-electron chi connectivity index (χ0n) is 14.0. The van der Waals surface area contributed by atoms with Gasteiger partial charge in [-0.1, -0.05) is 11.6 Å². The number of halogens is 1. The third kappa shape index (κ3) is 4.08. The number of nitriles is 1. The maximum absolute atomic E-state index is 12.2. The summed E-state index contributed by atoms with van der Waals surface area (Å²) in [6.45, 7) is 0. The molecule has 1 aromatic heterocycles. The highest BCUT2D eigenvalue weighted by Gasteiger charge is 2.14. The van der Waals surface area contributed by atoms with Gasteiger partial charge in [0.05, 0.1) is 32.7 Å². The highest BCUT2D eigenvalue weighted by Crippen LogP contribution is 2.28. The van der Waals surface area contributed by atoms with Crippen LogP contribution in [0, 0.1) is 11.3 Å². The van der Waals surface area contributed by atoms with E-state index in [-0.39, 0.29) is 5.91 Å². The second kappa shape index (κ2) is 7.61. The van der Waals surface area contributed by atoms with Crippen molar-refractivity contribution in [2.75, 3.05) is 11.2 Å². The molecule has 0 saturated heterocycles. The SMILES string of the molecule is N#Cc1cc(Cl)cc(Cc2nc3ccc(NC(=O)C4=CSCN4)cc3s2)c1. The molecule has 0 fully saturated rings. The van der Waals surface area contributed by atoms with E-state index in [1.165, 1.54) is 0 Å². The zero-order valence-corrected chi connectivity index (χ0v) is 16.3. The van der Waals surface area contributed by atoms with Crippen molar-refractivity contribution in [1.82, 2.24) is 10.3 Å². The predicted octanol–water partition coefficient (Wildman–Crippen LogP) is 4.49. The minimum Gasteiger partial charge on any atom is -0.371 e. The predicted molar refractivity (Wildman–Crippen MR) is 111 cm³/mol. The first-order valence-corrected chi connectivity index (χ1v) is 10.3. The lowest BCUT2D eigenvalue weighted by atomic mass is 10.1. The third-order valence-electron chi connectivity index (χ3n) is 3.92. The molecule has 27 heavy (non-hydrogen) atoms. The minimum atomic E-state index is -0.146. The fraction of sp³-hybridized carbons (Fsp3) is 0.105. The van der Waals surface area contributed by atoms with Crippen LogP contribution in [-0.4, -0.2) is 16.8 Å². The summed E-state index contributed by atoms with van der Waals surface area (Å²) in [7, 11) is 0. The number of nitrogens with one attached hydrogen (secondary N) is 2. The van der Waals surface area contributed by atoms with Crippen molar-refractivity contribution in [3.63, 3.8) is 0 Å². The first-order valence-electron chi connectivity index (χ1n) is 8.07. The molecule has 1 amide bonds. The summed E-state index contributed by atoms with van der Waals surface area (Å²) in [4.78, 5) is 16.8. The van der Waals surface area contributed by atoms with Gasteiger partial charge in [0.1, 0.15) is 5.70 Å². The van der Waals surface area contributed by atoms with Gasteiger partial charge in [0.2, 0.25) is 0 Å². The quantitative estimate of drug-likeness (QED) is 0.660. The average Bonchev–Trinajstić information content (AvgIpc) is 3.30. The Morgan fingerprint density at radius 3 is 3.00 bits per heavy atom. The van der Waals surface area contributed by atoms with E-state index in [9.17, 15) is 4.79 Å². The number of hydrogen-bond acceptors (Lipinski definition) is 6. The Kier molecular flexibility index (Phi) is 5.03. The van der Waals surface area contributed by atoms with Crippen LogP contribution in [0.25, 0.3) is 10.2 Å². The molecule has 1 aliphatic rings. The number of aromatic nitrogens is 1. The summed E-state index contributed by atoms with van der Waals surface area (Å²) >= 11 is 9.20. The Labute approximate surface area is 169 Å². The average molecular weight is 413 g/mol. The van der Waals surface area contributed by atoms with Gasteiger partial charge in [-0.2, -0.15) is 5.26 Å². The van der Waals surface area contributed by atoms with Crippen LogP contribution in [0.4, 0.5) is 5.69 Å². The maximum atomic E-state index is 12.2. The molecule has 3 aromatic rings. The van der Waals surface area contributed by atoms with Gasteiger partial charge >= 0.3 is 0 Å². The summed E-state index contributed by atoms with van der Waals surface area (Å²) in [5, 5.41) is 18.3. The molecule has 0 saturated carbocycles. The normalized spacial score (nSPS) is 13.1. The van der Waals surface area contributed by atoms with E-state index in [4.69, 9.17) is 16.9 Å². The van der Waals surface area contributed by atoms with Crippen LogP contribution in [0.3, 0.4) is 0 Å². The molecular weight excluding hydrogens is 400 g/mol. The Bertz CT molecular complexity index is 1120. The zero-order chi connectivity index (χ0) is 18.8. The number of thiazole rings is 1. The Hall–Kier alpha value is -2.53. The molecule has 0 radical (unpaired) electrons. The number of carbonyl (C=O) groups is 1. The number of nitrogens with zero attached hydrogens (tertiary/aromatic N) is 2. The number of thioether (sulfide) groups is 1. The van der Waals surface area contributed by atoms with Crippen LogP contribution in [0.15, 0.2) is 47.5 Å². The van der Waals surface area contributed by atoms with Gasteiger partial charge in [0.25, 0.3) is 5.91 Å². The van der Waals surface area contributed by atoms with Crippen molar-refractivity contribution in [1.29, 1.82) is 5.26 Å². The van der Waals surface area contributed by atoms with Crippen molar-refractivity contribution >= 4 is 56.5 Å². The molecule has 0 bridgehead atoms. The van der Waals surface area contributed by atoms with E-state index < -0.39 is 0 Å². The number of fused-ring (bicyclic) bond motifs is 1. The van der Waals surface area contributed by atoms with E-state index >= 15 is 0 Å². The molecule has 5 nitrogen and oxygen atoms in total. The first-order chi connectivity index (χ1) is 13.1. The molecule has 0 atom stereocenters. The Morgan fingerprint density at radius 2 is 2.22 bits per heavy atom. The van der Waals surface area contributed by atoms with E-state index in [1.54, 1.807) is 29.2 Å². The molecule has 2 N–H and O–H groups in total. The second-order valence-electron chi connectivity index (χ2n) is 5.90. The van der Waals surface area contributed by atoms with Gasteiger partial charge in [-0.3, -0.25) is 4.79 Å². The summed E-state index contributed by atoms with van der Waals surface area (Å²) in [5.41, 5.74) is 3.68. The fourth-order valence-corrected chi connectivity index (χ4v) is 4.71. The molecule has 0 aliphatic carbocycles. The number of carbonyl (C=O) groups excluding carboxylic acids is 1. The smallest absolute Gasteiger partial charge is 0.272 e. The van der Waals surface area contributed by atoms with Gasteiger partial charge in [0, 0.05) is 22.5 Å². The van der Waals surface area contributed by atoms with Crippen LogP contribution in [0.5, 0.6) is 0 Å². The van der Waals surface area contributed by atoms with Crippen molar-refractivity contribution in [2.24, 2.45) is 0 Å². The summed E-state index contributed by atoms with van der Waals surface area (Å²) < 4.78 is 0.994. The van der Waals surface area contributed by atoms with Crippen LogP contribution in [0.2, 0.25) is 5.02 Å². The Balaban J connectivity index is 1.55. The van der Waals surface area contributed by atoms with E-state index in [0.717, 1.165) is 32.4 Å². The number of amides is 1. The molecule has 0 unspecified atom stereocenters. The summed E-state index contributed by atoms with van der Waals surface area (Å²) in [5.74, 6) is 0.573. The number of rotatable bonds is 4. The minimum absolute atomic E-state index is 0.146. The van der Waals surface area contributed by atoms with Crippen LogP contribution < -0.4 is 10.6 Å². The lowest BCUT2D eigenvalue weighted by Crippen LogP contribution is -2.22. The van der Waals surface area contributed by atoms with Crippen molar-refractivity contribution in [2.45, 2.75) is 6.42 Å². The Morgan fingerprint density at radius 1 is 1.33 bits per heavy atom. The van der Waals surface area contributed by atoms with Crippen molar-refractivity contribution in [3.05, 3.63) is 68.7 Å². The molecule has 2 heterocycles. The lowest BCUT2D eigenvalue weighted by Gasteiger charge is -2.05. The van der Waals surface area contributed by atoms with Gasteiger partial charge in [0.15, 0.2) is 0 Å². The number of hydrogen-bond donors (Lipinski definition) is 2. The molecule has 0 spiro atoms. The standard InChI is InChI=1S/C19H13ClN4OS2/c20-13-4-11(3-12(5-13)8-21)6-18-24-15-2-1-14(7-17(15)27-18)23-19(25)16-9-26-10-22-16/h1-5,7,9,22H,6,10H2,(H,23,25). The summed E-state index contributed by atoms with van der Waals surface area (Å²) in [6.07, 6.45) is 0.601. The topological polar surface area (TPSA) is 77.8 Å². The molecule has 2 aromatic carbocycles. The van der Waals surface area contributed by atoms with Crippen LogP contribution in [-0.2, 0) is 11.2 Å². The van der Waals surface area contributed by atoms with Gasteiger partial charge < -0.3 is 10.6 Å². The van der Waals surface area contributed by atoms with Crippen LogP contribution >= 0.6 is 34.7 Å². The van der Waals surface area contributed by atoms with Crippen molar-refractivity contribution < 1.29 is 4.79 Å². The van der Waals surface area contributed by atoms with E-state index in [1.807, 2.05) is 35.7 Å². The van der Waals surface area contributed by atoms with E-state index in [2.05, 4.69) is 21.7 Å². The highest BCUT2D eigenvalue weighted by molar-refractivity contribution is 8.02. The summed E-state index contributed by atoms with van der Waals surface area (Å²) in [6, 6.07) is 13.1. The molecule has 4 rings (SSSR count). The molecule has 8 heteroatoms. The fourth-order valence-electron chi connectivity index (χ4n) is 2.74. The molecular formula is C19H13ClN4OS2. The van der Waals surface area contributed by atoms with E-state index in [0.29, 0.717) is 22.7 Å². The van der Waals surface area contributed by atoms with Gasteiger partial charge in [-0.05, 0) is 42.0 Å². The monoisotopic (exact) mass is 412 g/mol. The van der Waals surface area contributed by atoms with Crippen molar-refractivity contribution in [3.8, 4) is 6.07 Å². The molecule has 1 aliphatic heterocycles. The highest BCUT2D eigenvalue weighted by atomic mass is 35.5. The maximum Gasteiger partial charge on any atom is 0.272 e. The number of benzene rings is 2. The largest absolute Gasteiger partial charge is 0.371 e. The third-order valence-corrected chi connectivity index (χ3v) is 5.87. The van der Waals surface area contributed by atoms with Crippen LogP contribution in [0.1, 0.15) is 16.1 Å². The first kappa shape index (κ1) is 17.9. The van der Waals surface area contributed by atoms with Gasteiger partial charge in [-0.15, -0.1) is 23.1 Å². The second-order valence-corrected chi connectivity index (χ2v) is 8.31. The number of anilines is 1.